The first-order valence-electron chi connectivity index (χ1n) is 17.2. The molecule has 0 aliphatic heterocycles. The molecule has 0 radical (unpaired) electrons. The van der Waals surface area contributed by atoms with Crippen LogP contribution in [0.15, 0.2) is 84.9 Å². The third-order valence-corrected chi connectivity index (χ3v) is 11.8. The van der Waals surface area contributed by atoms with Crippen molar-refractivity contribution in [3.63, 3.8) is 0 Å². The first-order chi connectivity index (χ1) is 22.5. The predicted molar refractivity (Wildman–Crippen MR) is 187 cm³/mol. The van der Waals surface area contributed by atoms with Crippen molar-refractivity contribution >= 4 is 27.5 Å². The Morgan fingerprint density at radius 1 is 0.809 bits per heavy atom. The van der Waals surface area contributed by atoms with Crippen molar-refractivity contribution in [3.05, 3.63) is 102 Å². The first-order valence-corrected chi connectivity index (χ1v) is 19.1. The van der Waals surface area contributed by atoms with E-state index in [9.17, 15) is 18.0 Å². The maximum Gasteiger partial charge on any atom is 0.244 e. The van der Waals surface area contributed by atoms with Gasteiger partial charge in [0, 0.05) is 19.5 Å². The van der Waals surface area contributed by atoms with Gasteiger partial charge in [-0.3, -0.25) is 13.9 Å². The number of anilines is 1. The lowest BCUT2D eigenvalue weighted by Gasteiger charge is -2.57. The Morgan fingerprint density at radius 2 is 1.34 bits per heavy atom. The van der Waals surface area contributed by atoms with Gasteiger partial charge in [0.05, 0.1) is 11.9 Å². The van der Waals surface area contributed by atoms with Crippen LogP contribution in [-0.4, -0.2) is 50.5 Å². The maximum absolute atomic E-state index is 14.4. The molecular formula is C39H49N3O4S. The van der Waals surface area contributed by atoms with E-state index in [-0.39, 0.29) is 23.8 Å². The van der Waals surface area contributed by atoms with Crippen LogP contribution in [0.3, 0.4) is 0 Å². The van der Waals surface area contributed by atoms with Crippen molar-refractivity contribution in [3.8, 4) is 0 Å². The van der Waals surface area contributed by atoms with E-state index >= 15 is 0 Å². The molecule has 4 aliphatic rings. The second-order valence-electron chi connectivity index (χ2n) is 14.9. The quantitative estimate of drug-likeness (QED) is 0.233. The van der Waals surface area contributed by atoms with Gasteiger partial charge in [-0.2, -0.15) is 0 Å². The van der Waals surface area contributed by atoms with Crippen LogP contribution < -0.4 is 9.62 Å². The van der Waals surface area contributed by atoms with E-state index in [1.165, 1.54) is 48.4 Å². The number of benzene rings is 3. The van der Waals surface area contributed by atoms with Gasteiger partial charge in [-0.1, -0.05) is 86.6 Å². The zero-order valence-corrected chi connectivity index (χ0v) is 28.8. The Kier molecular flexibility index (Phi) is 9.79. The van der Waals surface area contributed by atoms with Crippen molar-refractivity contribution in [2.24, 2.45) is 23.7 Å². The van der Waals surface area contributed by atoms with E-state index in [2.05, 4.69) is 17.4 Å². The van der Waals surface area contributed by atoms with Crippen LogP contribution in [-0.2, 0) is 38.0 Å². The van der Waals surface area contributed by atoms with Crippen LogP contribution in [0.4, 0.5) is 5.69 Å². The summed E-state index contributed by atoms with van der Waals surface area (Å²) < 4.78 is 27.8. The maximum atomic E-state index is 14.4. The van der Waals surface area contributed by atoms with Crippen LogP contribution in [0.1, 0.15) is 69.1 Å². The van der Waals surface area contributed by atoms with E-state index in [4.69, 9.17) is 0 Å². The lowest BCUT2D eigenvalue weighted by molar-refractivity contribution is -0.140. The summed E-state index contributed by atoms with van der Waals surface area (Å²) in [7, 11) is -3.82. The van der Waals surface area contributed by atoms with Crippen molar-refractivity contribution < 1.29 is 18.0 Å². The number of nitrogens with one attached hydrogen (secondary N) is 1. The SMILES string of the molecule is CC(C)CNC(=O)[C@H](Cc1ccccc1)N(Cc1ccccc1)C(=O)CN(c1ccc(C23CC4CC(CC(C4)C2)C3)cc1)S(C)(=O)=O. The molecule has 4 aliphatic carbocycles. The lowest BCUT2D eigenvalue weighted by atomic mass is 9.48. The van der Waals surface area contributed by atoms with Crippen molar-refractivity contribution in [2.75, 3.05) is 23.7 Å². The van der Waals surface area contributed by atoms with Crippen molar-refractivity contribution in [1.29, 1.82) is 0 Å². The average molecular weight is 656 g/mol. The zero-order chi connectivity index (χ0) is 33.2. The number of hydrogen-bond acceptors (Lipinski definition) is 4. The summed E-state index contributed by atoms with van der Waals surface area (Å²) in [6.07, 6.45) is 9.21. The molecule has 1 atom stereocenters. The van der Waals surface area contributed by atoms with Gasteiger partial charge < -0.3 is 10.2 Å². The second-order valence-corrected chi connectivity index (χ2v) is 16.8. The van der Waals surface area contributed by atoms with E-state index in [0.717, 1.165) is 35.1 Å². The standard InChI is InChI=1S/C39H49N3O4S/c1-28(2)25-40-38(44)36(21-29-10-6-4-7-11-29)41(26-30-12-8-5-9-13-30)37(43)27-42(47(3,45)46)35-16-14-34(15-17-35)39-22-31-18-32(23-39)20-33(19-31)24-39/h4-17,28,31-33,36H,18-27H2,1-3H3,(H,40,44)/t31?,32?,33?,36-,39?/m0/s1. The van der Waals surface area contributed by atoms with Gasteiger partial charge in [-0.25, -0.2) is 8.42 Å². The van der Waals surface area contributed by atoms with Gasteiger partial charge in [-0.05, 0) is 96.4 Å². The van der Waals surface area contributed by atoms with Gasteiger partial charge in [0.2, 0.25) is 21.8 Å². The highest BCUT2D eigenvalue weighted by molar-refractivity contribution is 7.92. The van der Waals surface area contributed by atoms with Crippen LogP contribution in [0.5, 0.6) is 0 Å². The molecule has 0 unspecified atom stereocenters. The largest absolute Gasteiger partial charge is 0.354 e. The Hall–Kier alpha value is -3.65. The van der Waals surface area contributed by atoms with E-state index < -0.39 is 28.5 Å². The topological polar surface area (TPSA) is 86.8 Å². The molecule has 3 aromatic carbocycles. The average Bonchev–Trinajstić information content (AvgIpc) is 3.04. The molecule has 4 fully saturated rings. The van der Waals surface area contributed by atoms with Gasteiger partial charge >= 0.3 is 0 Å². The van der Waals surface area contributed by atoms with Crippen LogP contribution in [0.25, 0.3) is 0 Å². The highest BCUT2D eigenvalue weighted by Crippen LogP contribution is 2.60. The molecule has 0 spiro atoms. The highest BCUT2D eigenvalue weighted by Gasteiger charge is 2.51. The number of carbonyl (C=O) groups excluding carboxylic acids is 2. The molecule has 47 heavy (non-hydrogen) atoms. The second kappa shape index (κ2) is 13.8. The molecule has 4 saturated carbocycles. The smallest absolute Gasteiger partial charge is 0.244 e. The molecule has 0 saturated heterocycles. The number of sulfonamides is 1. The number of amides is 2. The summed E-state index contributed by atoms with van der Waals surface area (Å²) in [5.74, 6) is 1.98. The number of rotatable bonds is 13. The fourth-order valence-electron chi connectivity index (χ4n) is 8.82. The van der Waals surface area contributed by atoms with E-state index in [1.807, 2.05) is 86.6 Å². The zero-order valence-electron chi connectivity index (χ0n) is 28.0. The fourth-order valence-corrected chi connectivity index (χ4v) is 9.67. The molecule has 8 heteroatoms. The molecule has 7 nitrogen and oxygen atoms in total. The molecule has 4 bridgehead atoms. The normalized spacial score (nSPS) is 23.8. The fraction of sp³-hybridized carbons (Fsp3) is 0.487. The van der Waals surface area contributed by atoms with Gasteiger partial charge in [0.25, 0.3) is 0 Å². The van der Waals surface area contributed by atoms with E-state index in [1.54, 1.807) is 4.90 Å². The Bertz CT molecular complexity index is 1610. The summed E-state index contributed by atoms with van der Waals surface area (Å²) in [6, 6.07) is 26.3. The van der Waals surface area contributed by atoms with Gasteiger partial charge in [0.1, 0.15) is 12.6 Å². The predicted octanol–water partition coefficient (Wildman–Crippen LogP) is 6.33. The molecule has 250 valence electrons. The summed E-state index contributed by atoms with van der Waals surface area (Å²) in [4.78, 5) is 29.7. The summed E-state index contributed by atoms with van der Waals surface area (Å²) in [6.45, 7) is 4.30. The van der Waals surface area contributed by atoms with Crippen LogP contribution in [0, 0.1) is 23.7 Å². The van der Waals surface area contributed by atoms with Crippen LogP contribution in [0.2, 0.25) is 0 Å². The first kappa shape index (κ1) is 33.3. The Labute approximate surface area is 280 Å². The van der Waals surface area contributed by atoms with E-state index in [0.29, 0.717) is 18.7 Å². The Morgan fingerprint density at radius 3 is 1.85 bits per heavy atom. The third-order valence-electron chi connectivity index (χ3n) is 10.6. The molecule has 3 aromatic rings. The monoisotopic (exact) mass is 655 g/mol. The van der Waals surface area contributed by atoms with Gasteiger partial charge in [0.15, 0.2) is 0 Å². The van der Waals surface area contributed by atoms with Crippen molar-refractivity contribution in [1.82, 2.24) is 10.2 Å². The molecule has 1 N–H and O–H groups in total. The molecule has 7 rings (SSSR count). The summed E-state index contributed by atoms with van der Waals surface area (Å²) in [5.41, 5.74) is 3.75. The summed E-state index contributed by atoms with van der Waals surface area (Å²) >= 11 is 0. The Balaban J connectivity index is 1.29. The minimum absolute atomic E-state index is 0.175. The van der Waals surface area contributed by atoms with Crippen molar-refractivity contribution in [2.45, 2.75) is 76.8 Å². The number of hydrogen-bond donors (Lipinski definition) is 1. The van der Waals surface area contributed by atoms with Gasteiger partial charge in [-0.15, -0.1) is 0 Å². The van der Waals surface area contributed by atoms with Crippen LogP contribution >= 0.6 is 0 Å². The molecule has 2 amide bonds. The lowest BCUT2D eigenvalue weighted by Crippen LogP contribution is -2.53. The number of nitrogens with zero attached hydrogens (tertiary/aromatic N) is 2. The number of carbonyl (C=O) groups is 2. The third kappa shape index (κ3) is 7.75. The minimum atomic E-state index is -3.82. The minimum Gasteiger partial charge on any atom is -0.354 e. The summed E-state index contributed by atoms with van der Waals surface area (Å²) in [5, 5.41) is 3.03. The molecule has 0 heterocycles. The highest BCUT2D eigenvalue weighted by atomic mass is 32.2. The molecular weight excluding hydrogens is 607 g/mol. The molecule has 0 aromatic heterocycles.